The second kappa shape index (κ2) is 8.26. The number of hydrogen-bond donors (Lipinski definition) is 2. The average molecular weight is 386 g/mol. The van der Waals surface area contributed by atoms with Crippen molar-refractivity contribution in [1.29, 1.82) is 0 Å². The molecule has 1 fully saturated rings. The van der Waals surface area contributed by atoms with Crippen LogP contribution in [0.25, 0.3) is 0 Å². The summed E-state index contributed by atoms with van der Waals surface area (Å²) in [4.78, 5) is 23.1. The molecule has 0 spiro atoms. The molecule has 0 saturated carbocycles. The van der Waals surface area contributed by atoms with Crippen LogP contribution in [-0.2, 0) is 13.1 Å². The molecule has 152 valence electrons. The van der Waals surface area contributed by atoms with Gasteiger partial charge in [-0.3, -0.25) is 9.48 Å². The van der Waals surface area contributed by atoms with E-state index in [4.69, 9.17) is 0 Å². The first-order chi connectivity index (χ1) is 13.3. The summed E-state index contributed by atoms with van der Waals surface area (Å²) in [5, 5.41) is 10.9. The lowest BCUT2D eigenvalue weighted by Crippen LogP contribution is -2.33. The molecule has 3 rings (SSSR count). The van der Waals surface area contributed by atoms with E-state index in [-0.39, 0.29) is 11.7 Å². The first-order valence-electron chi connectivity index (χ1n) is 9.94. The molecule has 0 bridgehead atoms. The van der Waals surface area contributed by atoms with Crippen molar-refractivity contribution >= 4 is 11.7 Å². The fourth-order valence-corrected chi connectivity index (χ4v) is 3.80. The van der Waals surface area contributed by atoms with Crippen molar-refractivity contribution in [2.24, 2.45) is 0 Å². The quantitative estimate of drug-likeness (QED) is 0.786. The molecule has 0 aliphatic carbocycles. The van der Waals surface area contributed by atoms with Gasteiger partial charge >= 0.3 is 0 Å². The minimum absolute atomic E-state index is 0.232. The van der Waals surface area contributed by atoms with Gasteiger partial charge in [0.15, 0.2) is 0 Å². The van der Waals surface area contributed by atoms with Crippen LogP contribution in [0.5, 0.6) is 0 Å². The number of aryl methyl sites for hydroxylation is 3. The van der Waals surface area contributed by atoms with E-state index in [1.807, 2.05) is 13.8 Å². The number of carbonyl (C=O) groups is 1. The van der Waals surface area contributed by atoms with E-state index in [0.717, 1.165) is 55.4 Å². The number of carbonyl (C=O) groups excluding carboxylic acids is 1. The van der Waals surface area contributed by atoms with Crippen LogP contribution in [0.15, 0.2) is 0 Å². The first-order valence-corrected chi connectivity index (χ1v) is 9.94. The maximum atomic E-state index is 12.0. The Bertz CT molecular complexity index is 874. The molecule has 28 heavy (non-hydrogen) atoms. The highest BCUT2D eigenvalue weighted by Gasteiger charge is 2.26. The van der Waals surface area contributed by atoms with E-state index in [2.05, 4.69) is 56.1 Å². The Labute approximate surface area is 166 Å². The lowest BCUT2D eigenvalue weighted by Gasteiger charge is -2.21. The normalized spacial score (nSPS) is 16.6. The lowest BCUT2D eigenvalue weighted by molar-refractivity contribution is 0.0952. The smallest absolute Gasteiger partial charge is 0.288 e. The largest absolute Gasteiger partial charge is 0.355 e. The van der Waals surface area contributed by atoms with Crippen LogP contribution in [0.4, 0.5) is 5.82 Å². The molecule has 2 aromatic heterocycles. The van der Waals surface area contributed by atoms with Crippen LogP contribution >= 0.6 is 0 Å². The zero-order valence-corrected chi connectivity index (χ0v) is 17.8. The van der Waals surface area contributed by atoms with Crippen LogP contribution in [-0.4, -0.2) is 51.8 Å². The molecule has 0 aromatic carbocycles. The van der Waals surface area contributed by atoms with Gasteiger partial charge in [0.2, 0.25) is 5.82 Å². The molecule has 0 unspecified atom stereocenters. The third-order valence-corrected chi connectivity index (χ3v) is 5.68. The molecule has 2 N–H and O–H groups in total. The van der Waals surface area contributed by atoms with Crippen molar-refractivity contribution in [1.82, 2.24) is 30.4 Å². The van der Waals surface area contributed by atoms with Gasteiger partial charge in [-0.2, -0.15) is 5.10 Å². The van der Waals surface area contributed by atoms with E-state index in [1.165, 1.54) is 11.3 Å². The summed E-state index contributed by atoms with van der Waals surface area (Å²) in [5.74, 6) is 0.842. The Balaban J connectivity index is 1.70. The Kier molecular flexibility index (Phi) is 5.98. The molecule has 0 radical (unpaired) electrons. The Hall–Kier alpha value is -2.48. The number of hydrogen-bond acceptors (Lipinski definition) is 6. The summed E-state index contributed by atoms with van der Waals surface area (Å²) < 4.78 is 2.06. The molecule has 1 aliphatic rings. The maximum Gasteiger partial charge on any atom is 0.288 e. The monoisotopic (exact) mass is 385 g/mol. The van der Waals surface area contributed by atoms with E-state index in [0.29, 0.717) is 6.04 Å². The van der Waals surface area contributed by atoms with E-state index >= 15 is 0 Å². The highest BCUT2D eigenvalue weighted by Crippen LogP contribution is 2.24. The molecule has 8 nitrogen and oxygen atoms in total. The summed E-state index contributed by atoms with van der Waals surface area (Å²) in [6.45, 7) is 13.8. The van der Waals surface area contributed by atoms with Gasteiger partial charge < -0.3 is 15.5 Å². The van der Waals surface area contributed by atoms with E-state index < -0.39 is 0 Å². The summed E-state index contributed by atoms with van der Waals surface area (Å²) >= 11 is 0. The van der Waals surface area contributed by atoms with Crippen LogP contribution < -0.4 is 15.5 Å². The third-order valence-electron chi connectivity index (χ3n) is 5.68. The second-order valence-corrected chi connectivity index (χ2v) is 7.44. The minimum atomic E-state index is -0.253. The standard InChI is InChI=1S/C20H31N7O/c1-7-27-15(5)17(14(4)25-27)10-22-16-8-9-26(11-16)19-12(2)13(3)23-18(24-19)20(28)21-6/h16,22H,7-11H2,1-6H3,(H,21,28)/t16-/m1/s1. The van der Waals surface area contributed by atoms with Crippen molar-refractivity contribution in [2.45, 2.75) is 60.2 Å². The van der Waals surface area contributed by atoms with Crippen LogP contribution in [0.1, 0.15) is 52.2 Å². The third kappa shape index (κ3) is 3.87. The van der Waals surface area contributed by atoms with Crippen molar-refractivity contribution < 1.29 is 4.79 Å². The fourth-order valence-electron chi connectivity index (χ4n) is 3.80. The maximum absolute atomic E-state index is 12.0. The minimum Gasteiger partial charge on any atom is -0.355 e. The van der Waals surface area contributed by atoms with E-state index in [9.17, 15) is 4.79 Å². The first kappa shape index (κ1) is 20.3. The fraction of sp³-hybridized carbons (Fsp3) is 0.600. The summed E-state index contributed by atoms with van der Waals surface area (Å²) in [6, 6.07) is 0.377. The van der Waals surface area contributed by atoms with Crippen LogP contribution in [0.2, 0.25) is 0 Å². The van der Waals surface area contributed by atoms with Gasteiger partial charge in [-0.05, 0) is 41.0 Å². The number of nitrogens with one attached hydrogen (secondary N) is 2. The Morgan fingerprint density at radius 3 is 2.57 bits per heavy atom. The number of amides is 1. The molecule has 1 aliphatic heterocycles. The highest BCUT2D eigenvalue weighted by atomic mass is 16.2. The number of aromatic nitrogens is 4. The van der Waals surface area contributed by atoms with Gasteiger partial charge in [0.05, 0.1) is 5.69 Å². The molecule has 2 aromatic rings. The summed E-state index contributed by atoms with van der Waals surface area (Å²) in [5.41, 5.74) is 5.50. The number of rotatable bonds is 6. The lowest BCUT2D eigenvalue weighted by atomic mass is 10.1. The van der Waals surface area contributed by atoms with Crippen LogP contribution in [0.3, 0.4) is 0 Å². The SMILES string of the molecule is CCn1nc(C)c(CN[C@@H]2CCN(c3nc(C(=O)NC)nc(C)c3C)C2)c1C. The topological polar surface area (TPSA) is 88.0 Å². The second-order valence-electron chi connectivity index (χ2n) is 7.44. The molecular weight excluding hydrogens is 354 g/mol. The molecule has 1 saturated heterocycles. The van der Waals surface area contributed by atoms with Crippen molar-refractivity contribution in [3.63, 3.8) is 0 Å². The van der Waals surface area contributed by atoms with Gasteiger partial charge in [0.1, 0.15) is 5.82 Å². The van der Waals surface area contributed by atoms with E-state index in [1.54, 1.807) is 7.05 Å². The number of nitrogens with zero attached hydrogens (tertiary/aromatic N) is 5. The predicted molar refractivity (Wildman–Crippen MR) is 110 cm³/mol. The average Bonchev–Trinajstić information content (AvgIpc) is 3.25. The van der Waals surface area contributed by atoms with Gasteiger partial charge in [-0.25, -0.2) is 9.97 Å². The van der Waals surface area contributed by atoms with Crippen LogP contribution in [0, 0.1) is 27.7 Å². The Morgan fingerprint density at radius 2 is 1.93 bits per heavy atom. The van der Waals surface area contributed by atoms with Crippen molar-refractivity contribution in [3.05, 3.63) is 34.0 Å². The molecule has 1 atom stereocenters. The molecule has 1 amide bonds. The van der Waals surface area contributed by atoms with Gasteiger partial charge in [0, 0.05) is 61.8 Å². The molecule has 3 heterocycles. The summed E-state index contributed by atoms with van der Waals surface area (Å²) in [6.07, 6.45) is 1.04. The Morgan fingerprint density at radius 1 is 1.18 bits per heavy atom. The molecular formula is C20H31N7O. The van der Waals surface area contributed by atoms with Gasteiger partial charge in [0.25, 0.3) is 5.91 Å². The predicted octanol–water partition coefficient (Wildman–Crippen LogP) is 1.65. The van der Waals surface area contributed by atoms with Gasteiger partial charge in [-0.1, -0.05) is 0 Å². The highest BCUT2D eigenvalue weighted by molar-refractivity contribution is 5.90. The van der Waals surface area contributed by atoms with Gasteiger partial charge in [-0.15, -0.1) is 0 Å². The zero-order chi connectivity index (χ0) is 20.4. The molecule has 8 heteroatoms. The summed E-state index contributed by atoms with van der Waals surface area (Å²) in [7, 11) is 1.60. The number of anilines is 1. The zero-order valence-electron chi connectivity index (χ0n) is 17.8. The van der Waals surface area contributed by atoms with Crippen molar-refractivity contribution in [3.8, 4) is 0 Å². The van der Waals surface area contributed by atoms with Crippen molar-refractivity contribution in [2.75, 3.05) is 25.0 Å².